The smallest absolute Gasteiger partial charge is 0.277 e. The van der Waals surface area contributed by atoms with E-state index in [0.717, 1.165) is 62.3 Å². The van der Waals surface area contributed by atoms with E-state index in [1.807, 2.05) is 18.2 Å². The van der Waals surface area contributed by atoms with Crippen LogP contribution in [0.25, 0.3) is 16.6 Å². The van der Waals surface area contributed by atoms with Gasteiger partial charge in [-0.3, -0.25) is 19.8 Å². The molecule has 9 rings (SSSR count). The summed E-state index contributed by atoms with van der Waals surface area (Å²) in [6.07, 6.45) is 7.62. The Labute approximate surface area is 393 Å². The maximum absolute atomic E-state index is 14.1. The van der Waals surface area contributed by atoms with Crippen molar-refractivity contribution in [3.8, 4) is 17.2 Å². The first-order chi connectivity index (χ1) is 31.9. The number of hydrogen-bond donors (Lipinski definition) is 2. The lowest BCUT2D eigenvalue weighted by atomic mass is 9.72. The van der Waals surface area contributed by atoms with Crippen molar-refractivity contribution in [2.24, 2.45) is 5.41 Å². The van der Waals surface area contributed by atoms with Gasteiger partial charge in [0.25, 0.3) is 21.6 Å². The predicted octanol–water partition coefficient (Wildman–Crippen LogP) is 8.94. The number of aromatic amines is 1. The quantitative estimate of drug-likeness (QED) is 0.0875. The minimum Gasteiger partial charge on any atom is -0.492 e. The molecule has 1 amide bonds. The van der Waals surface area contributed by atoms with Crippen LogP contribution in [0, 0.1) is 15.5 Å². The van der Waals surface area contributed by atoms with Crippen molar-refractivity contribution >= 4 is 65.3 Å². The van der Waals surface area contributed by atoms with Crippen LogP contribution in [0.15, 0.2) is 119 Å². The number of benzene rings is 4. The molecule has 18 heteroatoms. The minimum atomic E-state index is -4.71. The van der Waals surface area contributed by atoms with Gasteiger partial charge >= 0.3 is 0 Å². The number of pyridine rings is 1. The van der Waals surface area contributed by atoms with Gasteiger partial charge in [0.05, 0.1) is 38.6 Å². The number of halogens is 1. The average molecular weight is 966 g/mol. The van der Waals surface area contributed by atoms with Crippen LogP contribution < -0.4 is 19.1 Å². The number of carbonyl (C=O) groups is 1. The molecule has 6 aromatic rings. The van der Waals surface area contributed by atoms with E-state index in [-0.39, 0.29) is 51.9 Å². The third kappa shape index (κ3) is 10.1. The second-order valence-electron chi connectivity index (χ2n) is 18.2. The number of ether oxygens (including phenoxy) is 2. The van der Waals surface area contributed by atoms with Crippen LogP contribution >= 0.6 is 11.6 Å². The van der Waals surface area contributed by atoms with Gasteiger partial charge in [-0.1, -0.05) is 55.3 Å². The first kappa shape index (κ1) is 45.9. The summed E-state index contributed by atoms with van der Waals surface area (Å²) in [6, 6.07) is 25.0. The highest BCUT2D eigenvalue weighted by Crippen LogP contribution is 2.44. The number of carbonyl (C=O) groups excluding carboxylic acids is 1. The molecule has 4 heterocycles. The number of rotatable bonds is 12. The molecule has 1 saturated heterocycles. The van der Waals surface area contributed by atoms with Crippen molar-refractivity contribution in [3.05, 3.63) is 146 Å². The normalized spacial score (nSPS) is 17.7. The molecule has 2 aliphatic heterocycles. The topological polar surface area (TPSA) is 194 Å². The molecule has 15 nitrogen and oxygen atoms in total. The lowest BCUT2D eigenvalue weighted by Gasteiger charge is -2.39. The van der Waals surface area contributed by atoms with Gasteiger partial charge in [-0.15, -0.1) is 0 Å². The molecule has 2 aromatic heterocycles. The number of nitro groups is 1. The van der Waals surface area contributed by atoms with E-state index in [2.05, 4.69) is 50.5 Å². The second kappa shape index (κ2) is 18.1. The Hall–Kier alpha value is -6.27. The Morgan fingerprint density at radius 3 is 2.43 bits per heavy atom. The fourth-order valence-corrected chi connectivity index (χ4v) is 10.9. The van der Waals surface area contributed by atoms with Crippen molar-refractivity contribution in [1.82, 2.24) is 19.6 Å². The SMILES string of the molecule is CC1(C)CCC(CN2CCN(c3ccc(C(=O)NS(=O)(=O)c4cc5c(c([N+](=O)[O-])c4)C[C@@H](c4ccc(S(C)(=O)=O)cc4)CO5)c(Oc4cnc5[nH]ccc5c4)c3)CC2)=C(c2ccc(Cl)cc2)C1. The number of nitrogens with one attached hydrogen (secondary N) is 2. The molecular formula is C49H49ClN6O9S2. The highest BCUT2D eigenvalue weighted by Gasteiger charge is 2.34. The maximum atomic E-state index is 14.1. The molecule has 0 radical (unpaired) electrons. The van der Waals surface area contributed by atoms with E-state index in [1.54, 1.807) is 36.5 Å². The van der Waals surface area contributed by atoms with Gasteiger partial charge in [-0.25, -0.2) is 26.5 Å². The number of hydrogen-bond acceptors (Lipinski definition) is 12. The molecule has 1 fully saturated rings. The lowest BCUT2D eigenvalue weighted by molar-refractivity contribution is -0.386. The first-order valence-corrected chi connectivity index (χ1v) is 25.6. The highest BCUT2D eigenvalue weighted by molar-refractivity contribution is 7.90. The van der Waals surface area contributed by atoms with Crippen molar-refractivity contribution in [2.75, 3.05) is 50.5 Å². The van der Waals surface area contributed by atoms with E-state index in [4.69, 9.17) is 21.1 Å². The van der Waals surface area contributed by atoms with Gasteiger partial charge < -0.3 is 19.4 Å². The lowest BCUT2D eigenvalue weighted by Crippen LogP contribution is -2.47. The highest BCUT2D eigenvalue weighted by atomic mass is 35.5. The summed E-state index contributed by atoms with van der Waals surface area (Å²) in [5.74, 6) is -0.989. The standard InChI is InChI=1S/C49H49ClN6O9S2/c1-49(2)16-14-34(43(27-49)32-4-8-36(50)9-5-32)29-54-18-20-55(21-19-54)37-10-13-41(46(24-37)65-38-22-33-15-17-51-47(33)52-28-38)48(57)53-67(62,63)40-25-44(56(58)59)42-23-35(30-64-45(42)26-40)31-6-11-39(12-7-31)66(3,60)61/h4-13,15,17,22,24-26,28,35H,14,16,18-21,23,27,29-30H2,1-3H3,(H,51,52)(H,53,57)/t35-/m1/s1. The summed E-state index contributed by atoms with van der Waals surface area (Å²) in [4.78, 5) is 37.5. The van der Waals surface area contributed by atoms with Crippen LogP contribution in [-0.2, 0) is 26.3 Å². The third-order valence-corrected chi connectivity index (χ3v) is 15.6. The summed E-state index contributed by atoms with van der Waals surface area (Å²) in [5, 5.41) is 13.9. The number of allylic oxidation sites excluding steroid dienone is 1. The number of sulfonamides is 1. The molecule has 0 spiro atoms. The molecule has 2 N–H and O–H groups in total. The molecule has 348 valence electrons. The molecule has 1 aliphatic carbocycles. The number of anilines is 1. The van der Waals surface area contributed by atoms with Gasteiger partial charge in [-0.2, -0.15) is 0 Å². The van der Waals surface area contributed by atoms with Crippen LogP contribution in [0.1, 0.15) is 66.1 Å². The van der Waals surface area contributed by atoms with E-state index in [1.165, 1.54) is 47.2 Å². The number of amides is 1. The van der Waals surface area contributed by atoms with E-state index >= 15 is 0 Å². The van der Waals surface area contributed by atoms with Crippen molar-refractivity contribution < 1.29 is 36.0 Å². The Morgan fingerprint density at radius 1 is 0.970 bits per heavy atom. The molecule has 0 bridgehead atoms. The molecular weight excluding hydrogens is 916 g/mol. The van der Waals surface area contributed by atoms with E-state index in [0.29, 0.717) is 35.1 Å². The largest absolute Gasteiger partial charge is 0.492 e. The molecule has 3 aliphatic rings. The van der Waals surface area contributed by atoms with Crippen LogP contribution in [0.2, 0.25) is 5.02 Å². The Morgan fingerprint density at radius 2 is 1.72 bits per heavy atom. The van der Waals surface area contributed by atoms with Crippen LogP contribution in [0.4, 0.5) is 11.4 Å². The van der Waals surface area contributed by atoms with Gasteiger partial charge in [0.15, 0.2) is 9.84 Å². The van der Waals surface area contributed by atoms with Crippen LogP contribution in [0.5, 0.6) is 17.2 Å². The number of piperazine rings is 1. The van der Waals surface area contributed by atoms with E-state index in [9.17, 15) is 31.7 Å². The van der Waals surface area contributed by atoms with Gasteiger partial charge in [0.2, 0.25) is 0 Å². The summed E-state index contributed by atoms with van der Waals surface area (Å²) in [6.45, 7) is 8.53. The Bertz CT molecular complexity index is 3170. The maximum Gasteiger partial charge on any atom is 0.277 e. The van der Waals surface area contributed by atoms with Gasteiger partial charge in [-0.05, 0) is 96.3 Å². The predicted molar refractivity (Wildman–Crippen MR) is 257 cm³/mol. The van der Waals surface area contributed by atoms with Crippen LogP contribution in [-0.4, -0.2) is 88.1 Å². The van der Waals surface area contributed by atoms with Crippen molar-refractivity contribution in [2.45, 2.75) is 55.2 Å². The zero-order valence-electron chi connectivity index (χ0n) is 37.1. The van der Waals surface area contributed by atoms with Gasteiger partial charge in [0.1, 0.15) is 22.9 Å². The summed E-state index contributed by atoms with van der Waals surface area (Å²) >= 11 is 6.25. The summed E-state index contributed by atoms with van der Waals surface area (Å²) in [7, 11) is -8.14. The fraction of sp³-hybridized carbons (Fsp3) is 0.306. The first-order valence-electron chi connectivity index (χ1n) is 21.9. The molecule has 1 atom stereocenters. The number of nitro benzene ring substituents is 1. The monoisotopic (exact) mass is 964 g/mol. The minimum absolute atomic E-state index is 0.00596. The number of H-pyrrole nitrogens is 1. The number of aromatic nitrogens is 2. The van der Waals surface area contributed by atoms with Crippen molar-refractivity contribution in [1.29, 1.82) is 0 Å². The van der Waals surface area contributed by atoms with Gasteiger partial charge in [0, 0.05) is 85.4 Å². The summed E-state index contributed by atoms with van der Waals surface area (Å²) in [5.41, 5.74) is 5.97. The Kier molecular flexibility index (Phi) is 12.4. The Balaban J connectivity index is 0.948. The number of nitrogens with zero attached hydrogens (tertiary/aromatic N) is 4. The van der Waals surface area contributed by atoms with Crippen LogP contribution in [0.3, 0.4) is 0 Å². The average Bonchev–Trinajstić information content (AvgIpc) is 3.77. The number of sulfone groups is 1. The number of fused-ring (bicyclic) bond motifs is 2. The zero-order valence-corrected chi connectivity index (χ0v) is 39.5. The third-order valence-electron chi connectivity index (χ3n) is 12.9. The molecule has 67 heavy (non-hydrogen) atoms. The van der Waals surface area contributed by atoms with Crippen molar-refractivity contribution in [3.63, 3.8) is 0 Å². The zero-order chi connectivity index (χ0) is 47.3. The summed E-state index contributed by atoms with van der Waals surface area (Å²) < 4.78 is 66.2. The molecule has 0 unspecified atom stereocenters. The molecule has 4 aromatic carbocycles. The fourth-order valence-electron chi connectivity index (χ4n) is 9.17. The molecule has 0 saturated carbocycles. The van der Waals surface area contributed by atoms with E-state index < -0.39 is 41.3 Å². The second-order valence-corrected chi connectivity index (χ2v) is 22.4.